The smallest absolute Gasteiger partial charge is 0.243 e. The molecule has 0 bridgehead atoms. The van der Waals surface area contributed by atoms with Gasteiger partial charge in [0.25, 0.3) is 0 Å². The molecule has 0 amide bonds. The molecular weight excluding hydrogens is 520 g/mol. The van der Waals surface area contributed by atoms with Crippen LogP contribution >= 0.6 is 0 Å². The van der Waals surface area contributed by atoms with Gasteiger partial charge in [-0.1, -0.05) is 35.4 Å². The van der Waals surface area contributed by atoms with Crippen LogP contribution in [-0.2, 0) is 20.0 Å². The lowest BCUT2D eigenvalue weighted by molar-refractivity contribution is 0.339. The van der Waals surface area contributed by atoms with Crippen LogP contribution in [0.1, 0.15) is 36.8 Å². The van der Waals surface area contributed by atoms with Gasteiger partial charge in [0.15, 0.2) is 0 Å². The van der Waals surface area contributed by atoms with E-state index in [0.717, 1.165) is 49.9 Å². The van der Waals surface area contributed by atoms with E-state index < -0.39 is 20.0 Å². The summed E-state index contributed by atoms with van der Waals surface area (Å²) in [5, 5.41) is 6.88. The number of rotatable bonds is 4. The Balaban J connectivity index is 0.000000155. The lowest BCUT2D eigenvalue weighted by Gasteiger charge is -2.24. The van der Waals surface area contributed by atoms with Crippen molar-refractivity contribution in [2.24, 2.45) is 11.8 Å². The summed E-state index contributed by atoms with van der Waals surface area (Å²) in [7, 11) is -6.64. The molecule has 2 aromatic carbocycles. The highest BCUT2D eigenvalue weighted by molar-refractivity contribution is 7.89. The molecule has 4 heterocycles. The summed E-state index contributed by atoms with van der Waals surface area (Å²) < 4.78 is 53.6. The van der Waals surface area contributed by atoms with Crippen LogP contribution in [0.3, 0.4) is 0 Å². The molecule has 0 radical (unpaired) electrons. The minimum atomic E-state index is -3.32. The number of nitrogens with one attached hydrogen (secondary N) is 2. The average Bonchev–Trinajstić information content (AvgIpc) is 3.55. The quantitative estimate of drug-likeness (QED) is 0.597. The summed E-state index contributed by atoms with van der Waals surface area (Å²) >= 11 is 0. The molecule has 4 fully saturated rings. The van der Waals surface area contributed by atoms with Crippen molar-refractivity contribution in [1.82, 2.24) is 19.2 Å². The number of aryl methyl sites for hydroxylation is 2. The number of sulfonamides is 2. The van der Waals surface area contributed by atoms with Crippen molar-refractivity contribution in [3.05, 3.63) is 59.7 Å². The zero-order valence-electron chi connectivity index (χ0n) is 22.3. The molecule has 4 aliphatic heterocycles. The van der Waals surface area contributed by atoms with Crippen LogP contribution < -0.4 is 10.6 Å². The van der Waals surface area contributed by atoms with Gasteiger partial charge in [0.2, 0.25) is 20.0 Å². The lowest BCUT2D eigenvalue weighted by Crippen LogP contribution is -2.41. The van der Waals surface area contributed by atoms with Crippen molar-refractivity contribution in [2.75, 3.05) is 39.3 Å². The third-order valence-electron chi connectivity index (χ3n) is 8.45. The van der Waals surface area contributed by atoms with Gasteiger partial charge in [0.05, 0.1) is 9.79 Å². The molecule has 8 nitrogen and oxygen atoms in total. The molecule has 4 saturated heterocycles. The van der Waals surface area contributed by atoms with Crippen LogP contribution in [0.25, 0.3) is 0 Å². The number of nitrogens with zero attached hydrogens (tertiary/aromatic N) is 2. The normalized spacial score (nSPS) is 28.3. The van der Waals surface area contributed by atoms with E-state index >= 15 is 0 Å². The molecule has 6 rings (SSSR count). The van der Waals surface area contributed by atoms with Gasteiger partial charge in [-0.25, -0.2) is 16.8 Å². The fourth-order valence-electron chi connectivity index (χ4n) is 6.13. The Morgan fingerprint density at radius 2 is 0.974 bits per heavy atom. The largest absolute Gasteiger partial charge is 0.312 e. The first-order valence-electron chi connectivity index (χ1n) is 13.7. The summed E-state index contributed by atoms with van der Waals surface area (Å²) in [6.07, 6.45) is 4.58. The first-order valence-corrected chi connectivity index (χ1v) is 16.6. The first kappa shape index (κ1) is 27.7. The fraction of sp³-hybridized carbons (Fsp3) is 0.571. The highest BCUT2D eigenvalue weighted by Gasteiger charge is 2.41. The van der Waals surface area contributed by atoms with Gasteiger partial charge in [-0.05, 0) is 88.7 Å². The van der Waals surface area contributed by atoms with Gasteiger partial charge in [0, 0.05) is 38.3 Å². The standard InChI is InChI=1S/2C14H20N2O2S/c2*1-11-4-6-13(7-5-11)19(17,18)16-9-12-3-2-8-15-14(12)10-16/h2*4-7,12,14-15H,2-3,8-10H2,1H3/t12-,14+;/m0./s1. The SMILES string of the molecule is Cc1ccc(S(=O)(=O)N2CC3CCCNC3C2)cc1.Cc1ccc(S(=O)(=O)N2C[C@@H]3CCCN[C@@H]3C2)cc1. The van der Waals surface area contributed by atoms with E-state index in [2.05, 4.69) is 10.6 Å². The topological polar surface area (TPSA) is 98.8 Å². The minimum absolute atomic E-state index is 0.342. The van der Waals surface area contributed by atoms with E-state index in [4.69, 9.17) is 0 Å². The number of hydrogen-bond donors (Lipinski definition) is 2. The van der Waals surface area contributed by atoms with Crippen LogP contribution in [0.4, 0.5) is 0 Å². The predicted octanol–water partition coefficient (Wildman–Crippen LogP) is 2.74. The highest BCUT2D eigenvalue weighted by atomic mass is 32.2. The highest BCUT2D eigenvalue weighted by Crippen LogP contribution is 2.30. The molecule has 0 spiro atoms. The van der Waals surface area contributed by atoms with Gasteiger partial charge >= 0.3 is 0 Å². The molecule has 208 valence electrons. The molecule has 0 saturated carbocycles. The van der Waals surface area contributed by atoms with E-state index in [1.807, 2.05) is 38.1 Å². The van der Waals surface area contributed by atoms with Gasteiger partial charge in [-0.15, -0.1) is 0 Å². The molecule has 2 aromatic rings. The monoisotopic (exact) mass is 560 g/mol. The van der Waals surface area contributed by atoms with Crippen molar-refractivity contribution in [2.45, 2.75) is 61.4 Å². The molecule has 2 N–H and O–H groups in total. The van der Waals surface area contributed by atoms with Gasteiger partial charge in [0.1, 0.15) is 0 Å². The molecule has 2 unspecified atom stereocenters. The van der Waals surface area contributed by atoms with E-state index in [1.165, 1.54) is 0 Å². The second kappa shape index (κ2) is 11.3. The summed E-state index contributed by atoms with van der Waals surface area (Å²) in [5.74, 6) is 0.961. The Bertz CT molecular complexity index is 1180. The number of fused-ring (bicyclic) bond motifs is 2. The summed E-state index contributed by atoms with van der Waals surface area (Å²) in [4.78, 5) is 0.827. The van der Waals surface area contributed by atoms with E-state index in [0.29, 0.717) is 59.9 Å². The maximum Gasteiger partial charge on any atom is 0.243 e. The second-order valence-electron chi connectivity index (χ2n) is 11.2. The van der Waals surface area contributed by atoms with Crippen LogP contribution in [0.15, 0.2) is 58.3 Å². The second-order valence-corrected chi connectivity index (χ2v) is 15.1. The van der Waals surface area contributed by atoms with Crippen molar-refractivity contribution in [1.29, 1.82) is 0 Å². The maximum absolute atomic E-state index is 12.6. The number of piperidine rings is 2. The number of hydrogen-bond acceptors (Lipinski definition) is 6. The molecule has 4 aliphatic rings. The van der Waals surface area contributed by atoms with E-state index in [-0.39, 0.29) is 0 Å². The third kappa shape index (κ3) is 5.85. The van der Waals surface area contributed by atoms with Gasteiger partial charge in [-0.2, -0.15) is 8.61 Å². The van der Waals surface area contributed by atoms with E-state index in [1.54, 1.807) is 32.9 Å². The average molecular weight is 561 g/mol. The minimum Gasteiger partial charge on any atom is -0.312 e. The predicted molar refractivity (Wildman–Crippen MR) is 149 cm³/mol. The Labute approximate surface area is 227 Å². The number of benzene rings is 2. The molecule has 10 heteroatoms. The zero-order valence-corrected chi connectivity index (χ0v) is 24.0. The first-order chi connectivity index (χ1) is 18.1. The van der Waals surface area contributed by atoms with Crippen LogP contribution in [0, 0.1) is 25.7 Å². The Morgan fingerprint density at radius 1 is 0.605 bits per heavy atom. The van der Waals surface area contributed by atoms with Crippen molar-refractivity contribution < 1.29 is 16.8 Å². The van der Waals surface area contributed by atoms with Crippen LogP contribution in [0.5, 0.6) is 0 Å². The third-order valence-corrected chi connectivity index (χ3v) is 12.1. The molecule has 0 aliphatic carbocycles. The Kier molecular flexibility index (Phi) is 8.28. The summed E-state index contributed by atoms with van der Waals surface area (Å²) in [6.45, 7) is 8.50. The Hall–Kier alpha value is -1.82. The molecule has 38 heavy (non-hydrogen) atoms. The Morgan fingerprint density at radius 3 is 1.32 bits per heavy atom. The fourth-order valence-corrected chi connectivity index (χ4v) is 9.17. The van der Waals surface area contributed by atoms with Crippen molar-refractivity contribution >= 4 is 20.0 Å². The summed E-state index contributed by atoms with van der Waals surface area (Å²) in [5.41, 5.74) is 2.16. The molecular formula is C28H40N4O4S2. The van der Waals surface area contributed by atoms with Gasteiger partial charge < -0.3 is 10.6 Å². The van der Waals surface area contributed by atoms with Gasteiger partial charge in [-0.3, -0.25) is 0 Å². The maximum atomic E-state index is 12.6. The molecule has 4 atom stereocenters. The molecule has 0 aromatic heterocycles. The van der Waals surface area contributed by atoms with Crippen molar-refractivity contribution in [3.8, 4) is 0 Å². The summed E-state index contributed by atoms with van der Waals surface area (Å²) in [6, 6.07) is 14.9. The van der Waals surface area contributed by atoms with E-state index in [9.17, 15) is 16.8 Å². The van der Waals surface area contributed by atoms with Crippen LogP contribution in [0.2, 0.25) is 0 Å². The zero-order chi connectivity index (χ0) is 26.9. The lowest BCUT2D eigenvalue weighted by atomic mass is 9.94. The van der Waals surface area contributed by atoms with Crippen molar-refractivity contribution in [3.63, 3.8) is 0 Å². The van der Waals surface area contributed by atoms with Crippen LogP contribution in [-0.4, -0.2) is 76.8 Å².